The van der Waals surface area contributed by atoms with Gasteiger partial charge >= 0.3 is 0 Å². The Morgan fingerprint density at radius 2 is 1.95 bits per heavy atom. The zero-order chi connectivity index (χ0) is 13.8. The van der Waals surface area contributed by atoms with Crippen molar-refractivity contribution >= 4 is 0 Å². The van der Waals surface area contributed by atoms with Gasteiger partial charge in [0.15, 0.2) is 0 Å². The van der Waals surface area contributed by atoms with Crippen LogP contribution in [0.25, 0.3) is 0 Å². The number of nitrogens with one attached hydrogen (secondary N) is 1. The summed E-state index contributed by atoms with van der Waals surface area (Å²) >= 11 is 0. The zero-order valence-electron chi connectivity index (χ0n) is 11.6. The summed E-state index contributed by atoms with van der Waals surface area (Å²) in [5.74, 6) is 2.07. The first-order valence-electron chi connectivity index (χ1n) is 6.92. The third-order valence-corrected chi connectivity index (χ3v) is 3.69. The van der Waals surface area contributed by atoms with Crippen LogP contribution in [0.15, 0.2) is 48.5 Å². The first-order chi connectivity index (χ1) is 9.86. The molecule has 3 heteroatoms. The van der Waals surface area contributed by atoms with E-state index in [0.717, 1.165) is 24.6 Å². The summed E-state index contributed by atoms with van der Waals surface area (Å²) in [6.45, 7) is 2.59. The fourth-order valence-corrected chi connectivity index (χ4v) is 2.62. The van der Waals surface area contributed by atoms with Gasteiger partial charge in [0.2, 0.25) is 0 Å². The van der Waals surface area contributed by atoms with E-state index in [1.807, 2.05) is 24.3 Å². The van der Waals surface area contributed by atoms with Crippen LogP contribution in [0.4, 0.5) is 0 Å². The highest BCUT2D eigenvalue weighted by atomic mass is 16.5. The molecule has 2 aromatic rings. The summed E-state index contributed by atoms with van der Waals surface area (Å²) in [4.78, 5) is 0. The average Bonchev–Trinajstić information content (AvgIpc) is 2.53. The monoisotopic (exact) mass is 269 g/mol. The molecular weight excluding hydrogens is 250 g/mol. The number of hydrogen-bond acceptors (Lipinski definition) is 3. The standard InChI is InChI=1S/C17H19NO2/c1-19-15-6-4-7-16(9-15)20-12-14-11-18-10-13-5-2-3-8-17(13)14/h2-9,14,18H,10-12H2,1H3. The number of ether oxygens (including phenoxy) is 2. The molecule has 0 radical (unpaired) electrons. The van der Waals surface area contributed by atoms with Gasteiger partial charge < -0.3 is 14.8 Å². The van der Waals surface area contributed by atoms with Crippen LogP contribution in [-0.2, 0) is 6.54 Å². The van der Waals surface area contributed by atoms with E-state index in [9.17, 15) is 0 Å². The number of hydrogen-bond donors (Lipinski definition) is 1. The molecule has 2 aromatic carbocycles. The van der Waals surface area contributed by atoms with Gasteiger partial charge in [0, 0.05) is 25.1 Å². The summed E-state index contributed by atoms with van der Waals surface area (Å²) < 4.78 is 11.1. The van der Waals surface area contributed by atoms with Gasteiger partial charge in [-0.25, -0.2) is 0 Å². The van der Waals surface area contributed by atoms with Gasteiger partial charge in [-0.05, 0) is 23.3 Å². The molecule has 1 unspecified atom stereocenters. The lowest BCUT2D eigenvalue weighted by molar-refractivity contribution is 0.276. The second-order valence-corrected chi connectivity index (χ2v) is 5.02. The van der Waals surface area contributed by atoms with Gasteiger partial charge in [-0.15, -0.1) is 0 Å². The highest BCUT2D eigenvalue weighted by Crippen LogP contribution is 2.26. The molecule has 0 fully saturated rings. The maximum Gasteiger partial charge on any atom is 0.123 e. The van der Waals surface area contributed by atoms with Crippen molar-refractivity contribution in [1.82, 2.24) is 5.32 Å². The molecule has 3 nitrogen and oxygen atoms in total. The quantitative estimate of drug-likeness (QED) is 0.925. The summed E-state index contributed by atoms with van der Waals surface area (Å²) in [7, 11) is 1.67. The van der Waals surface area contributed by atoms with Gasteiger partial charge in [-0.2, -0.15) is 0 Å². The van der Waals surface area contributed by atoms with Crippen LogP contribution in [0.3, 0.4) is 0 Å². The SMILES string of the molecule is COc1cccc(OCC2CNCc3ccccc32)c1. The Morgan fingerprint density at radius 3 is 2.85 bits per heavy atom. The minimum absolute atomic E-state index is 0.395. The molecule has 0 aromatic heterocycles. The predicted molar refractivity (Wildman–Crippen MR) is 79.4 cm³/mol. The Hall–Kier alpha value is -2.00. The maximum absolute atomic E-state index is 5.92. The zero-order valence-corrected chi connectivity index (χ0v) is 11.6. The summed E-state index contributed by atoms with van der Waals surface area (Å²) in [5.41, 5.74) is 2.77. The lowest BCUT2D eigenvalue weighted by Crippen LogP contribution is -2.31. The third kappa shape index (κ3) is 2.78. The molecule has 1 N–H and O–H groups in total. The molecule has 1 atom stereocenters. The fourth-order valence-electron chi connectivity index (χ4n) is 2.62. The molecule has 0 bridgehead atoms. The van der Waals surface area contributed by atoms with E-state index in [-0.39, 0.29) is 0 Å². The normalized spacial score (nSPS) is 17.4. The van der Waals surface area contributed by atoms with Gasteiger partial charge in [0.05, 0.1) is 13.7 Å². The fraction of sp³-hybridized carbons (Fsp3) is 0.294. The van der Waals surface area contributed by atoms with E-state index >= 15 is 0 Å². The molecular formula is C17H19NO2. The van der Waals surface area contributed by atoms with Crippen LogP contribution < -0.4 is 14.8 Å². The first kappa shape index (κ1) is 13.0. The smallest absolute Gasteiger partial charge is 0.123 e. The lowest BCUT2D eigenvalue weighted by Gasteiger charge is -2.26. The third-order valence-electron chi connectivity index (χ3n) is 3.69. The highest BCUT2D eigenvalue weighted by molar-refractivity contribution is 5.35. The summed E-state index contributed by atoms with van der Waals surface area (Å²) in [6, 6.07) is 16.3. The molecule has 3 rings (SSSR count). The number of methoxy groups -OCH3 is 1. The van der Waals surface area contributed by atoms with E-state index in [4.69, 9.17) is 9.47 Å². The molecule has 1 heterocycles. The number of benzene rings is 2. The Morgan fingerprint density at radius 1 is 1.10 bits per heavy atom. The second-order valence-electron chi connectivity index (χ2n) is 5.02. The van der Waals surface area contributed by atoms with Gasteiger partial charge in [0.25, 0.3) is 0 Å². The van der Waals surface area contributed by atoms with Crippen molar-refractivity contribution in [1.29, 1.82) is 0 Å². The highest BCUT2D eigenvalue weighted by Gasteiger charge is 2.19. The van der Waals surface area contributed by atoms with Gasteiger partial charge in [0.1, 0.15) is 11.5 Å². The molecule has 1 aliphatic rings. The Kier molecular flexibility index (Phi) is 3.88. The number of rotatable bonds is 4. The van der Waals surface area contributed by atoms with Crippen molar-refractivity contribution in [3.63, 3.8) is 0 Å². The molecule has 0 spiro atoms. The minimum atomic E-state index is 0.395. The van der Waals surface area contributed by atoms with Crippen LogP contribution in [0.2, 0.25) is 0 Å². The minimum Gasteiger partial charge on any atom is -0.497 e. The molecule has 0 saturated heterocycles. The van der Waals surface area contributed by atoms with Gasteiger partial charge in [-0.3, -0.25) is 0 Å². The van der Waals surface area contributed by atoms with Crippen LogP contribution in [0.5, 0.6) is 11.5 Å². The first-order valence-corrected chi connectivity index (χ1v) is 6.92. The van der Waals surface area contributed by atoms with Crippen molar-refractivity contribution < 1.29 is 9.47 Å². The molecule has 1 aliphatic heterocycles. The van der Waals surface area contributed by atoms with Crippen molar-refractivity contribution in [2.45, 2.75) is 12.5 Å². The van der Waals surface area contributed by atoms with Gasteiger partial charge in [-0.1, -0.05) is 30.3 Å². The summed E-state index contributed by atoms with van der Waals surface area (Å²) in [6.07, 6.45) is 0. The van der Waals surface area contributed by atoms with Crippen molar-refractivity contribution in [3.8, 4) is 11.5 Å². The van der Waals surface area contributed by atoms with E-state index in [1.54, 1.807) is 7.11 Å². The van der Waals surface area contributed by atoms with Crippen LogP contribution in [0, 0.1) is 0 Å². The molecule has 104 valence electrons. The molecule has 0 aliphatic carbocycles. The maximum atomic E-state index is 5.92. The number of fused-ring (bicyclic) bond motifs is 1. The van der Waals surface area contributed by atoms with Crippen molar-refractivity contribution in [3.05, 3.63) is 59.7 Å². The van der Waals surface area contributed by atoms with E-state index in [2.05, 4.69) is 29.6 Å². The molecule has 20 heavy (non-hydrogen) atoms. The second kappa shape index (κ2) is 5.97. The largest absolute Gasteiger partial charge is 0.497 e. The van der Waals surface area contributed by atoms with E-state index < -0.39 is 0 Å². The molecule has 0 saturated carbocycles. The Labute approximate surface area is 119 Å². The van der Waals surface area contributed by atoms with Crippen LogP contribution >= 0.6 is 0 Å². The lowest BCUT2D eigenvalue weighted by atomic mass is 9.91. The Balaban J connectivity index is 1.70. The topological polar surface area (TPSA) is 30.5 Å². The summed E-state index contributed by atoms with van der Waals surface area (Å²) in [5, 5.41) is 3.45. The van der Waals surface area contributed by atoms with E-state index in [0.29, 0.717) is 12.5 Å². The van der Waals surface area contributed by atoms with Crippen molar-refractivity contribution in [2.75, 3.05) is 20.3 Å². The van der Waals surface area contributed by atoms with Crippen LogP contribution in [0.1, 0.15) is 17.0 Å². The van der Waals surface area contributed by atoms with E-state index in [1.165, 1.54) is 11.1 Å². The van der Waals surface area contributed by atoms with Crippen molar-refractivity contribution in [2.24, 2.45) is 0 Å². The molecule has 0 amide bonds. The van der Waals surface area contributed by atoms with Crippen LogP contribution in [-0.4, -0.2) is 20.3 Å². The average molecular weight is 269 g/mol. The predicted octanol–water partition coefficient (Wildman–Crippen LogP) is 2.96. The Bertz CT molecular complexity index is 583.